The third kappa shape index (κ3) is 3.55. The number of anilines is 1. The maximum Gasteiger partial charge on any atom is 0.255 e. The summed E-state index contributed by atoms with van der Waals surface area (Å²) in [5.74, 6) is 1.68. The van der Waals surface area contributed by atoms with E-state index in [2.05, 4.69) is 24.0 Å². The van der Waals surface area contributed by atoms with Gasteiger partial charge in [0.1, 0.15) is 13.7 Å². The average Bonchev–Trinajstić information content (AvgIpc) is 3.53. The molecule has 1 aromatic heterocycles. The van der Waals surface area contributed by atoms with Crippen LogP contribution in [0.15, 0.2) is 30.5 Å². The number of hydrogen-bond donors (Lipinski definition) is 0. The standard InChI is InChI=1S/C21H23BN4O/c1-14-10-17(15-2-3-15)13-24-20(14)25-6-8-26(9-7-25)21(27)19-5-4-18(22)11-16(19)12-23/h4-5,10-11,13,15H,2-3,6-9,22H2,1H3. The first-order chi connectivity index (χ1) is 13.1. The zero-order valence-electron chi connectivity index (χ0n) is 15.9. The van der Waals surface area contributed by atoms with E-state index in [0.29, 0.717) is 30.1 Å². The van der Waals surface area contributed by atoms with E-state index in [1.165, 1.54) is 24.0 Å². The highest BCUT2D eigenvalue weighted by Gasteiger charge is 2.27. The minimum Gasteiger partial charge on any atom is -0.353 e. The Hall–Kier alpha value is -2.81. The number of nitrogens with zero attached hydrogens (tertiary/aromatic N) is 4. The molecular weight excluding hydrogens is 335 g/mol. The number of nitriles is 1. The number of carbonyl (C=O) groups is 1. The number of benzene rings is 1. The molecule has 0 spiro atoms. The quantitative estimate of drug-likeness (QED) is 0.778. The summed E-state index contributed by atoms with van der Waals surface area (Å²) in [6.07, 6.45) is 4.58. The van der Waals surface area contributed by atoms with Gasteiger partial charge in [0.25, 0.3) is 5.91 Å². The van der Waals surface area contributed by atoms with Crippen LogP contribution < -0.4 is 10.4 Å². The molecule has 1 aromatic carbocycles. The lowest BCUT2D eigenvalue weighted by atomic mass is 9.92. The molecule has 0 atom stereocenters. The molecule has 5 nitrogen and oxygen atoms in total. The molecule has 0 N–H and O–H groups in total. The lowest BCUT2D eigenvalue weighted by Gasteiger charge is -2.36. The van der Waals surface area contributed by atoms with Gasteiger partial charge in [0.05, 0.1) is 17.2 Å². The van der Waals surface area contributed by atoms with E-state index in [9.17, 15) is 10.1 Å². The summed E-state index contributed by atoms with van der Waals surface area (Å²) >= 11 is 0. The van der Waals surface area contributed by atoms with Crippen molar-refractivity contribution in [1.82, 2.24) is 9.88 Å². The Labute approximate surface area is 161 Å². The maximum atomic E-state index is 12.9. The highest BCUT2D eigenvalue weighted by atomic mass is 16.2. The van der Waals surface area contributed by atoms with Gasteiger partial charge in [-0.15, -0.1) is 0 Å². The molecule has 0 bridgehead atoms. The van der Waals surface area contributed by atoms with Gasteiger partial charge >= 0.3 is 0 Å². The van der Waals surface area contributed by atoms with Crippen molar-refractivity contribution in [2.45, 2.75) is 25.7 Å². The summed E-state index contributed by atoms with van der Waals surface area (Å²) in [6.45, 7) is 4.93. The fourth-order valence-electron chi connectivity index (χ4n) is 3.79. The molecule has 27 heavy (non-hydrogen) atoms. The van der Waals surface area contributed by atoms with Gasteiger partial charge in [0.2, 0.25) is 0 Å². The third-order valence-electron chi connectivity index (χ3n) is 5.51. The molecule has 0 radical (unpaired) electrons. The number of piperazine rings is 1. The first-order valence-electron chi connectivity index (χ1n) is 9.58. The zero-order valence-corrected chi connectivity index (χ0v) is 15.9. The Balaban J connectivity index is 1.45. The lowest BCUT2D eigenvalue weighted by Crippen LogP contribution is -2.49. The summed E-state index contributed by atoms with van der Waals surface area (Å²) in [5, 5.41) is 9.34. The minimum absolute atomic E-state index is 0.0556. The molecule has 1 aliphatic heterocycles. The average molecular weight is 358 g/mol. The molecule has 136 valence electrons. The summed E-state index contributed by atoms with van der Waals surface area (Å²) < 4.78 is 0. The van der Waals surface area contributed by atoms with E-state index in [1.807, 2.05) is 25.0 Å². The molecule has 1 saturated carbocycles. The summed E-state index contributed by atoms with van der Waals surface area (Å²) in [4.78, 5) is 21.7. The minimum atomic E-state index is -0.0556. The van der Waals surface area contributed by atoms with Crippen LogP contribution in [0, 0.1) is 18.3 Å². The lowest BCUT2D eigenvalue weighted by molar-refractivity contribution is 0.0746. The number of hydrogen-bond acceptors (Lipinski definition) is 4. The van der Waals surface area contributed by atoms with Crippen molar-refractivity contribution < 1.29 is 4.79 Å². The normalized spacial score (nSPS) is 16.9. The van der Waals surface area contributed by atoms with Crippen LogP contribution in [0.4, 0.5) is 5.82 Å². The number of aryl methyl sites for hydroxylation is 1. The highest BCUT2D eigenvalue weighted by Crippen LogP contribution is 2.40. The number of amides is 1. The van der Waals surface area contributed by atoms with E-state index >= 15 is 0 Å². The van der Waals surface area contributed by atoms with E-state index in [4.69, 9.17) is 4.98 Å². The van der Waals surface area contributed by atoms with Gasteiger partial charge in [-0.1, -0.05) is 17.6 Å². The van der Waals surface area contributed by atoms with Crippen molar-refractivity contribution in [3.63, 3.8) is 0 Å². The number of aromatic nitrogens is 1. The van der Waals surface area contributed by atoms with Gasteiger partial charge in [0, 0.05) is 32.4 Å². The first-order valence-corrected chi connectivity index (χ1v) is 9.58. The second kappa shape index (κ2) is 7.07. The molecule has 2 aliphatic rings. The summed E-state index contributed by atoms with van der Waals surface area (Å²) in [7, 11) is 1.93. The fraction of sp³-hybridized carbons (Fsp3) is 0.381. The molecule has 2 aromatic rings. The van der Waals surface area contributed by atoms with E-state index < -0.39 is 0 Å². The van der Waals surface area contributed by atoms with Crippen molar-refractivity contribution in [2.75, 3.05) is 31.1 Å². The van der Waals surface area contributed by atoms with Gasteiger partial charge in [-0.25, -0.2) is 4.98 Å². The largest absolute Gasteiger partial charge is 0.353 e. The van der Waals surface area contributed by atoms with Gasteiger partial charge in [0.15, 0.2) is 0 Å². The topological polar surface area (TPSA) is 60.2 Å². The molecule has 2 fully saturated rings. The van der Waals surface area contributed by atoms with Crippen LogP contribution in [-0.4, -0.2) is 49.8 Å². The van der Waals surface area contributed by atoms with Crippen LogP contribution in [0.1, 0.15) is 45.8 Å². The van der Waals surface area contributed by atoms with Crippen LogP contribution in [0.2, 0.25) is 0 Å². The van der Waals surface area contributed by atoms with Crippen molar-refractivity contribution in [2.24, 2.45) is 0 Å². The molecule has 1 aliphatic carbocycles. The van der Waals surface area contributed by atoms with Gasteiger partial charge in [-0.05, 0) is 48.9 Å². The number of pyridine rings is 1. The fourth-order valence-corrected chi connectivity index (χ4v) is 3.79. The van der Waals surface area contributed by atoms with E-state index in [-0.39, 0.29) is 5.91 Å². The Morgan fingerprint density at radius 1 is 1.22 bits per heavy atom. The van der Waals surface area contributed by atoms with E-state index in [0.717, 1.165) is 24.4 Å². The number of rotatable bonds is 3. The maximum absolute atomic E-state index is 12.9. The van der Waals surface area contributed by atoms with Crippen LogP contribution in [0.5, 0.6) is 0 Å². The Morgan fingerprint density at radius 2 is 1.96 bits per heavy atom. The second-order valence-corrected chi connectivity index (χ2v) is 7.62. The van der Waals surface area contributed by atoms with Crippen LogP contribution in [-0.2, 0) is 0 Å². The number of carbonyl (C=O) groups excluding carboxylic acids is 1. The molecule has 2 heterocycles. The van der Waals surface area contributed by atoms with Crippen LogP contribution >= 0.6 is 0 Å². The van der Waals surface area contributed by atoms with Crippen molar-refractivity contribution in [3.8, 4) is 6.07 Å². The molecule has 0 unspecified atom stereocenters. The predicted molar refractivity (Wildman–Crippen MR) is 108 cm³/mol. The van der Waals surface area contributed by atoms with Crippen molar-refractivity contribution in [1.29, 1.82) is 5.26 Å². The second-order valence-electron chi connectivity index (χ2n) is 7.62. The smallest absolute Gasteiger partial charge is 0.255 e. The Morgan fingerprint density at radius 3 is 2.59 bits per heavy atom. The monoisotopic (exact) mass is 358 g/mol. The molecule has 1 amide bonds. The first kappa shape index (κ1) is 17.6. The Kier molecular flexibility index (Phi) is 4.61. The molecular formula is C21H23BN4O. The van der Waals surface area contributed by atoms with Gasteiger partial charge in [-0.2, -0.15) is 5.26 Å². The van der Waals surface area contributed by atoms with Crippen molar-refractivity contribution in [3.05, 3.63) is 52.7 Å². The van der Waals surface area contributed by atoms with Crippen LogP contribution in [0.3, 0.4) is 0 Å². The van der Waals surface area contributed by atoms with Crippen LogP contribution in [0.25, 0.3) is 0 Å². The molecule has 4 rings (SSSR count). The predicted octanol–water partition coefficient (Wildman–Crippen LogP) is 1.36. The molecule has 1 saturated heterocycles. The van der Waals surface area contributed by atoms with Gasteiger partial charge in [-0.3, -0.25) is 4.79 Å². The van der Waals surface area contributed by atoms with Gasteiger partial charge < -0.3 is 9.80 Å². The molecule has 6 heteroatoms. The Bertz CT molecular complexity index is 924. The van der Waals surface area contributed by atoms with E-state index in [1.54, 1.807) is 12.1 Å². The third-order valence-corrected chi connectivity index (χ3v) is 5.51. The highest BCUT2D eigenvalue weighted by molar-refractivity contribution is 6.32. The SMILES string of the molecule is Bc1ccc(C(=O)N2CCN(c3ncc(C4CC4)cc3C)CC2)c(C#N)c1. The zero-order chi connectivity index (χ0) is 19.0. The summed E-state index contributed by atoms with van der Waals surface area (Å²) in [6, 6.07) is 9.85. The van der Waals surface area contributed by atoms with Crippen molar-refractivity contribution >= 4 is 25.0 Å². The summed E-state index contributed by atoms with van der Waals surface area (Å²) in [5.41, 5.74) is 4.51.